The summed E-state index contributed by atoms with van der Waals surface area (Å²) in [6, 6.07) is 11.0. The smallest absolute Gasteiger partial charge is 0.420 e. The predicted molar refractivity (Wildman–Crippen MR) is 249 cm³/mol. The summed E-state index contributed by atoms with van der Waals surface area (Å²) < 4.78 is 73.6. The summed E-state index contributed by atoms with van der Waals surface area (Å²) in [5, 5.41) is 14.7. The van der Waals surface area contributed by atoms with Crippen molar-refractivity contribution in [3.05, 3.63) is 87.9 Å². The normalized spacial score (nSPS) is 16.5. The van der Waals surface area contributed by atoms with Gasteiger partial charge in [0.1, 0.15) is 36.4 Å². The van der Waals surface area contributed by atoms with E-state index in [2.05, 4.69) is 20.6 Å². The first-order chi connectivity index (χ1) is 32.1. The van der Waals surface area contributed by atoms with Gasteiger partial charge in [-0.25, -0.2) is 14.4 Å². The monoisotopic (exact) mass is 980 g/mol. The summed E-state index contributed by atoms with van der Waals surface area (Å²) >= 11 is 7.09. The molecule has 0 spiro atoms. The molecular weight excluding hydrogens is 929 g/mol. The number of hydrogen-bond donors (Lipinski definition) is 2. The molecule has 15 nitrogen and oxygen atoms in total. The SMILES string of the molecule is Cc1cc(N2C(=S)N(c3ccc(C#N)c(C(F)(F)F)c3F)C(=O)C2(C)C)cnc1OCCOCCOCC(=O)NC(C(=O)N1CCCC1C(=O)NCc1ccc(-c2scnc2C)cc1)C(C)(C)C. The Kier molecular flexibility index (Phi) is 15.9. The van der Waals surface area contributed by atoms with Gasteiger partial charge in [-0.05, 0) is 87.5 Å². The van der Waals surface area contributed by atoms with Gasteiger partial charge in [0.15, 0.2) is 10.9 Å². The van der Waals surface area contributed by atoms with Crippen LogP contribution in [0.2, 0.25) is 0 Å². The summed E-state index contributed by atoms with van der Waals surface area (Å²) in [5.41, 5.74) is -0.0692. The number of pyridine rings is 1. The molecule has 0 saturated carbocycles. The van der Waals surface area contributed by atoms with Crippen molar-refractivity contribution in [2.45, 2.75) is 91.7 Å². The largest absolute Gasteiger partial charge is 0.475 e. The number of anilines is 2. The maximum absolute atomic E-state index is 15.4. The zero-order chi connectivity index (χ0) is 49.7. The van der Waals surface area contributed by atoms with Crippen LogP contribution in [-0.4, -0.2) is 101 Å². The standard InChI is InChI=1S/C47H52F4N8O7S2/c1-27-21-32(59-44(67)58(43(63)46(59,6)7)33-15-14-31(22-52)36(37(33)48)47(49,50)51)24-54-41(27)66-20-19-64-17-18-65-25-35(60)56-39(45(3,4)5)42(62)57-16-8-9-34(57)40(61)53-23-29-10-12-30(13-11-29)38-28(2)55-26-68-38/h10-15,21,24,26,34,39H,8-9,16-20,23,25H2,1-7H3,(H,53,61)(H,56,60). The molecular formula is C47H52F4N8O7S2. The number of nitrogens with one attached hydrogen (secondary N) is 2. The second-order valence-corrected chi connectivity index (χ2v) is 19.0. The fourth-order valence-electron chi connectivity index (χ4n) is 7.93. The van der Waals surface area contributed by atoms with Crippen LogP contribution in [0.3, 0.4) is 0 Å². The van der Waals surface area contributed by atoms with Gasteiger partial charge in [-0.2, -0.15) is 18.4 Å². The molecule has 2 unspecified atom stereocenters. The lowest BCUT2D eigenvalue weighted by molar-refractivity contribution is -0.144. The van der Waals surface area contributed by atoms with Crippen molar-refractivity contribution in [1.82, 2.24) is 25.5 Å². The van der Waals surface area contributed by atoms with E-state index in [-0.39, 0.29) is 55.8 Å². The van der Waals surface area contributed by atoms with Gasteiger partial charge in [0.2, 0.25) is 23.6 Å². The zero-order valence-corrected chi connectivity index (χ0v) is 40.2. The van der Waals surface area contributed by atoms with Crippen molar-refractivity contribution in [2.75, 3.05) is 49.4 Å². The first kappa shape index (κ1) is 51.3. The average molecular weight is 981 g/mol. The molecule has 4 heterocycles. The lowest BCUT2D eigenvalue weighted by atomic mass is 9.85. The van der Waals surface area contributed by atoms with Gasteiger partial charge in [-0.3, -0.25) is 24.1 Å². The highest BCUT2D eigenvalue weighted by Crippen LogP contribution is 2.42. The quantitative estimate of drug-likeness (QED) is 0.0629. The fourth-order valence-corrected chi connectivity index (χ4v) is 9.26. The second kappa shape index (κ2) is 21.1. The molecule has 4 amide bonds. The van der Waals surface area contributed by atoms with Crippen LogP contribution in [-0.2, 0) is 41.4 Å². The molecule has 2 aromatic heterocycles. The Hall–Kier alpha value is -6.08. The number of benzene rings is 2. The predicted octanol–water partition coefficient (Wildman–Crippen LogP) is 7.02. The van der Waals surface area contributed by atoms with Crippen LogP contribution < -0.4 is 25.2 Å². The highest BCUT2D eigenvalue weighted by atomic mass is 32.1. The number of hydrogen-bond acceptors (Lipinski definition) is 12. The number of aromatic nitrogens is 2. The Morgan fingerprint density at radius 2 is 1.72 bits per heavy atom. The molecule has 362 valence electrons. The van der Waals surface area contributed by atoms with Crippen molar-refractivity contribution >= 4 is 63.7 Å². The van der Waals surface area contributed by atoms with E-state index in [0.717, 1.165) is 33.8 Å². The highest BCUT2D eigenvalue weighted by Gasteiger charge is 2.52. The zero-order valence-electron chi connectivity index (χ0n) is 38.6. The van der Waals surface area contributed by atoms with Crippen molar-refractivity contribution in [2.24, 2.45) is 5.41 Å². The summed E-state index contributed by atoms with van der Waals surface area (Å²) in [4.78, 5) is 67.2. The number of rotatable bonds is 17. The van der Waals surface area contributed by atoms with Gasteiger partial charge in [0.25, 0.3) is 5.91 Å². The van der Waals surface area contributed by atoms with Crippen LogP contribution in [0.1, 0.15) is 75.4 Å². The number of halogens is 4. The number of thiocarbonyl (C=S) groups is 1. The number of carbonyl (C=O) groups excluding carboxylic acids is 4. The van der Waals surface area contributed by atoms with Crippen molar-refractivity contribution in [3.63, 3.8) is 0 Å². The fraction of sp³-hybridized carbons (Fsp3) is 0.447. The van der Waals surface area contributed by atoms with E-state index in [4.69, 9.17) is 31.7 Å². The Bertz CT molecular complexity index is 2590. The minimum absolute atomic E-state index is 0.0562. The van der Waals surface area contributed by atoms with E-state index in [0.29, 0.717) is 42.1 Å². The first-order valence-electron chi connectivity index (χ1n) is 21.7. The number of nitriles is 1. The third kappa shape index (κ3) is 11.3. The van der Waals surface area contributed by atoms with Crippen LogP contribution in [0.5, 0.6) is 5.88 Å². The molecule has 0 aliphatic carbocycles. The molecule has 68 heavy (non-hydrogen) atoms. The summed E-state index contributed by atoms with van der Waals surface area (Å²) in [7, 11) is 0. The lowest BCUT2D eigenvalue weighted by Crippen LogP contribution is -2.58. The number of carbonyl (C=O) groups is 4. The molecule has 0 radical (unpaired) electrons. The van der Waals surface area contributed by atoms with Gasteiger partial charge in [0, 0.05) is 18.7 Å². The van der Waals surface area contributed by atoms with Gasteiger partial charge in [-0.15, -0.1) is 11.3 Å². The summed E-state index contributed by atoms with van der Waals surface area (Å²) in [6.45, 7) is 12.8. The number of ether oxygens (including phenoxy) is 3. The highest BCUT2D eigenvalue weighted by molar-refractivity contribution is 7.81. The molecule has 21 heteroatoms. The maximum Gasteiger partial charge on any atom is 0.420 e. The molecule has 2 aromatic carbocycles. The minimum Gasteiger partial charge on any atom is -0.475 e. The molecule has 4 aromatic rings. The molecule has 2 aliphatic heterocycles. The third-order valence-corrected chi connectivity index (χ3v) is 12.8. The second-order valence-electron chi connectivity index (χ2n) is 17.8. The van der Waals surface area contributed by atoms with Crippen LogP contribution in [0.4, 0.5) is 28.9 Å². The number of amides is 4. The van der Waals surface area contributed by atoms with Crippen molar-refractivity contribution in [3.8, 4) is 22.4 Å². The number of likely N-dealkylation sites (tertiary alicyclic amines) is 1. The number of thiazole rings is 1. The van der Waals surface area contributed by atoms with Gasteiger partial charge >= 0.3 is 6.18 Å². The van der Waals surface area contributed by atoms with E-state index < -0.39 is 63.7 Å². The van der Waals surface area contributed by atoms with E-state index in [1.165, 1.54) is 31.0 Å². The molecule has 6 rings (SSSR count). The van der Waals surface area contributed by atoms with E-state index in [1.54, 1.807) is 34.7 Å². The number of nitrogens with zero attached hydrogens (tertiary/aromatic N) is 6. The average Bonchev–Trinajstić information content (AvgIpc) is 3.99. The Morgan fingerprint density at radius 1 is 1.03 bits per heavy atom. The number of aryl methyl sites for hydroxylation is 2. The third-order valence-electron chi connectivity index (χ3n) is 11.5. The van der Waals surface area contributed by atoms with Crippen molar-refractivity contribution < 1.29 is 51.0 Å². The van der Waals surface area contributed by atoms with E-state index >= 15 is 4.39 Å². The first-order valence-corrected chi connectivity index (χ1v) is 23.0. The molecule has 2 saturated heterocycles. The molecule has 2 aliphatic rings. The molecule has 2 atom stereocenters. The number of alkyl halides is 3. The van der Waals surface area contributed by atoms with E-state index in [1.807, 2.05) is 52.0 Å². The van der Waals surface area contributed by atoms with Crippen molar-refractivity contribution in [1.29, 1.82) is 5.26 Å². The maximum atomic E-state index is 15.4. The molecule has 2 N–H and O–H groups in total. The summed E-state index contributed by atoms with van der Waals surface area (Å²) in [6.07, 6.45) is -2.70. The topological polar surface area (TPSA) is 179 Å². The molecule has 2 fully saturated rings. The Morgan fingerprint density at radius 3 is 2.35 bits per heavy atom. The minimum atomic E-state index is -5.21. The van der Waals surface area contributed by atoms with Crippen LogP contribution in [0.25, 0.3) is 10.4 Å². The van der Waals surface area contributed by atoms with Gasteiger partial charge < -0.3 is 34.6 Å². The van der Waals surface area contributed by atoms with E-state index in [9.17, 15) is 32.3 Å². The molecule has 0 bridgehead atoms. The lowest BCUT2D eigenvalue weighted by Gasteiger charge is -2.35. The van der Waals surface area contributed by atoms with Crippen LogP contribution >= 0.6 is 23.6 Å². The van der Waals surface area contributed by atoms with Gasteiger partial charge in [0.05, 0.1) is 65.1 Å². The summed E-state index contributed by atoms with van der Waals surface area (Å²) in [5.74, 6) is -3.48. The van der Waals surface area contributed by atoms with Gasteiger partial charge in [-0.1, -0.05) is 45.0 Å². The Labute approximate surface area is 400 Å². The van der Waals surface area contributed by atoms with Crippen LogP contribution in [0, 0.1) is 36.4 Å². The Balaban J connectivity index is 0.934. The van der Waals surface area contributed by atoms with Crippen LogP contribution in [0.15, 0.2) is 54.2 Å².